The van der Waals surface area contributed by atoms with Crippen LogP contribution in [0.4, 0.5) is 0 Å². The van der Waals surface area contributed by atoms with Gasteiger partial charge in [-0.1, -0.05) is 13.3 Å². The summed E-state index contributed by atoms with van der Waals surface area (Å²) >= 11 is 0. The predicted octanol–water partition coefficient (Wildman–Crippen LogP) is 0.620. The van der Waals surface area contributed by atoms with Gasteiger partial charge in [0.2, 0.25) is 0 Å². The van der Waals surface area contributed by atoms with Crippen LogP contribution in [-0.2, 0) is 4.79 Å². The van der Waals surface area contributed by atoms with Crippen molar-refractivity contribution in [1.82, 2.24) is 0 Å². The Kier molecular flexibility index (Phi) is 2.68. The summed E-state index contributed by atoms with van der Waals surface area (Å²) in [6.45, 7) is 1.96. The minimum absolute atomic E-state index is 0. The Labute approximate surface area is 66.0 Å². The molecule has 0 unspecified atom stereocenters. The van der Waals surface area contributed by atoms with E-state index in [1.165, 1.54) is 0 Å². The number of hydrogen-bond acceptors (Lipinski definition) is 2. The molecule has 0 amide bonds. The average Bonchev–Trinajstić information content (AvgIpc) is 2.44. The lowest BCUT2D eigenvalue weighted by Crippen LogP contribution is -2.34. The predicted molar refractivity (Wildman–Crippen MR) is 40.2 cm³/mol. The molecule has 0 aromatic carbocycles. The largest absolute Gasteiger partial charge is 0.480 e. The molecule has 0 aromatic rings. The van der Waals surface area contributed by atoms with Gasteiger partial charge in [0.1, 0.15) is 5.54 Å². The molecular weight excluding hydrogens is 154 g/mol. The molecule has 0 bridgehead atoms. The van der Waals surface area contributed by atoms with Crippen LogP contribution in [0.2, 0.25) is 0 Å². The van der Waals surface area contributed by atoms with E-state index in [0.29, 0.717) is 6.42 Å². The van der Waals surface area contributed by atoms with Crippen LogP contribution in [0.5, 0.6) is 0 Å². The van der Waals surface area contributed by atoms with Gasteiger partial charge in [0.05, 0.1) is 0 Å². The number of carboxylic acids is 1. The summed E-state index contributed by atoms with van der Waals surface area (Å²) in [6.07, 6.45) is 1.53. The lowest BCUT2D eigenvalue weighted by atomic mass is 10.2. The molecule has 0 radical (unpaired) electrons. The Bertz CT molecular complexity index is 151. The van der Waals surface area contributed by atoms with E-state index in [1.54, 1.807) is 0 Å². The maximum Gasteiger partial charge on any atom is 0.323 e. The molecule has 60 valence electrons. The van der Waals surface area contributed by atoms with Gasteiger partial charge in [-0.2, -0.15) is 0 Å². The van der Waals surface area contributed by atoms with Crippen molar-refractivity contribution >= 4 is 18.4 Å². The van der Waals surface area contributed by atoms with Gasteiger partial charge in [0.25, 0.3) is 0 Å². The van der Waals surface area contributed by atoms with E-state index in [-0.39, 0.29) is 18.3 Å². The van der Waals surface area contributed by atoms with Crippen molar-refractivity contribution in [3.8, 4) is 0 Å². The SMILES string of the molecule is CC[C@@H]1C[C@]1(N)C(=O)O.Cl. The van der Waals surface area contributed by atoms with Crippen molar-refractivity contribution in [2.24, 2.45) is 11.7 Å². The molecule has 1 aliphatic rings. The van der Waals surface area contributed by atoms with E-state index >= 15 is 0 Å². The van der Waals surface area contributed by atoms with Crippen molar-refractivity contribution in [3.05, 3.63) is 0 Å². The second-order valence-electron chi connectivity index (χ2n) is 2.65. The number of rotatable bonds is 2. The van der Waals surface area contributed by atoms with Crippen molar-refractivity contribution in [3.63, 3.8) is 0 Å². The fraction of sp³-hybridized carbons (Fsp3) is 0.833. The summed E-state index contributed by atoms with van der Waals surface area (Å²) in [5.74, 6) is -0.635. The first-order valence-electron chi connectivity index (χ1n) is 3.13. The molecule has 0 heterocycles. The van der Waals surface area contributed by atoms with Gasteiger partial charge in [-0.05, 0) is 12.3 Å². The first kappa shape index (κ1) is 9.72. The quantitative estimate of drug-likeness (QED) is 0.631. The standard InChI is InChI=1S/C6H11NO2.ClH/c1-2-4-3-6(4,7)5(8)9;/h4H,2-3,7H2,1H3,(H,8,9);1H/t4-,6-;/m1./s1. The van der Waals surface area contributed by atoms with Gasteiger partial charge in [0, 0.05) is 0 Å². The molecule has 1 aliphatic carbocycles. The minimum atomic E-state index is -0.866. The normalized spacial score (nSPS) is 36.4. The highest BCUT2D eigenvalue weighted by molar-refractivity contribution is 5.85. The first-order chi connectivity index (χ1) is 4.11. The number of carbonyl (C=O) groups is 1. The van der Waals surface area contributed by atoms with Gasteiger partial charge in [0.15, 0.2) is 0 Å². The molecule has 0 aliphatic heterocycles. The third-order valence-corrected chi connectivity index (χ3v) is 2.04. The molecule has 1 saturated carbocycles. The number of halogens is 1. The first-order valence-corrected chi connectivity index (χ1v) is 3.13. The van der Waals surface area contributed by atoms with Crippen molar-refractivity contribution < 1.29 is 9.90 Å². The van der Waals surface area contributed by atoms with Crippen LogP contribution in [0.1, 0.15) is 19.8 Å². The average molecular weight is 166 g/mol. The number of carboxylic acid groups (broad SMARTS) is 1. The summed E-state index contributed by atoms with van der Waals surface area (Å²) in [5, 5.41) is 8.49. The van der Waals surface area contributed by atoms with Crippen molar-refractivity contribution in [2.75, 3.05) is 0 Å². The van der Waals surface area contributed by atoms with Crippen molar-refractivity contribution in [2.45, 2.75) is 25.3 Å². The molecule has 3 nitrogen and oxygen atoms in total. The molecule has 3 N–H and O–H groups in total. The Balaban J connectivity index is 0.000000810. The molecule has 1 rings (SSSR count). The maximum absolute atomic E-state index is 10.3. The number of nitrogens with two attached hydrogens (primary N) is 1. The number of hydrogen-bond donors (Lipinski definition) is 2. The number of aliphatic carboxylic acids is 1. The fourth-order valence-electron chi connectivity index (χ4n) is 1.12. The molecule has 1 fully saturated rings. The Morgan fingerprint density at radius 3 is 2.50 bits per heavy atom. The molecule has 0 aromatic heterocycles. The molecule has 0 spiro atoms. The van der Waals surface area contributed by atoms with E-state index in [4.69, 9.17) is 10.8 Å². The van der Waals surface area contributed by atoms with E-state index in [2.05, 4.69) is 0 Å². The van der Waals surface area contributed by atoms with Gasteiger partial charge in [-0.25, -0.2) is 0 Å². The van der Waals surface area contributed by atoms with Crippen LogP contribution in [0.25, 0.3) is 0 Å². The molecule has 4 heteroatoms. The van der Waals surface area contributed by atoms with Crippen LogP contribution in [0.15, 0.2) is 0 Å². The summed E-state index contributed by atoms with van der Waals surface area (Å²) in [6, 6.07) is 0. The second kappa shape index (κ2) is 2.76. The highest BCUT2D eigenvalue weighted by atomic mass is 35.5. The Hall–Kier alpha value is -0.280. The third kappa shape index (κ3) is 1.25. The second-order valence-corrected chi connectivity index (χ2v) is 2.65. The summed E-state index contributed by atoms with van der Waals surface area (Å²) in [7, 11) is 0. The van der Waals surface area contributed by atoms with Crippen LogP contribution in [0, 0.1) is 5.92 Å². The van der Waals surface area contributed by atoms with Crippen LogP contribution in [0.3, 0.4) is 0 Å². The monoisotopic (exact) mass is 165 g/mol. The fourth-order valence-corrected chi connectivity index (χ4v) is 1.12. The minimum Gasteiger partial charge on any atom is -0.480 e. The highest BCUT2D eigenvalue weighted by Crippen LogP contribution is 2.43. The smallest absolute Gasteiger partial charge is 0.323 e. The molecule has 10 heavy (non-hydrogen) atoms. The van der Waals surface area contributed by atoms with E-state index < -0.39 is 11.5 Å². The zero-order valence-electron chi connectivity index (χ0n) is 5.83. The van der Waals surface area contributed by atoms with Gasteiger partial charge in [-0.3, -0.25) is 4.79 Å². The topological polar surface area (TPSA) is 63.3 Å². The lowest BCUT2D eigenvalue weighted by molar-refractivity contribution is -0.140. The van der Waals surface area contributed by atoms with Crippen LogP contribution < -0.4 is 5.73 Å². The van der Waals surface area contributed by atoms with Crippen LogP contribution in [-0.4, -0.2) is 16.6 Å². The Morgan fingerprint density at radius 1 is 1.90 bits per heavy atom. The summed E-state index contributed by atoms with van der Waals surface area (Å²) in [4.78, 5) is 10.3. The molecular formula is C6H12ClNO2. The van der Waals surface area contributed by atoms with E-state index in [9.17, 15) is 4.79 Å². The van der Waals surface area contributed by atoms with Gasteiger partial charge >= 0.3 is 5.97 Å². The molecule has 2 atom stereocenters. The maximum atomic E-state index is 10.3. The summed E-state index contributed by atoms with van der Waals surface area (Å²) < 4.78 is 0. The lowest BCUT2D eigenvalue weighted by Gasteiger charge is -2.01. The summed E-state index contributed by atoms with van der Waals surface area (Å²) in [5.41, 5.74) is 4.58. The Morgan fingerprint density at radius 2 is 2.40 bits per heavy atom. The third-order valence-electron chi connectivity index (χ3n) is 2.04. The zero-order valence-corrected chi connectivity index (χ0v) is 6.65. The van der Waals surface area contributed by atoms with Gasteiger partial charge < -0.3 is 10.8 Å². The van der Waals surface area contributed by atoms with Crippen molar-refractivity contribution in [1.29, 1.82) is 0 Å². The van der Waals surface area contributed by atoms with E-state index in [0.717, 1.165) is 6.42 Å². The van der Waals surface area contributed by atoms with Gasteiger partial charge in [-0.15, -0.1) is 12.4 Å². The molecule has 0 saturated heterocycles. The van der Waals surface area contributed by atoms with E-state index in [1.807, 2.05) is 6.92 Å². The highest BCUT2D eigenvalue weighted by Gasteiger charge is 2.56. The zero-order chi connectivity index (χ0) is 7.07. The van der Waals surface area contributed by atoms with Crippen LogP contribution >= 0.6 is 12.4 Å².